The van der Waals surface area contributed by atoms with E-state index in [1.54, 1.807) is 13.8 Å². The Kier molecular flexibility index (Phi) is 5.76. The zero-order valence-electron chi connectivity index (χ0n) is 14.6. The highest BCUT2D eigenvalue weighted by Crippen LogP contribution is 2.23. The number of halogens is 1. The molecule has 0 saturated carbocycles. The van der Waals surface area contributed by atoms with Crippen molar-refractivity contribution < 1.29 is 17.6 Å². The van der Waals surface area contributed by atoms with Crippen LogP contribution in [0.1, 0.15) is 19.5 Å². The number of hydrogen-bond donors (Lipinski definition) is 3. The monoisotopic (exact) mass is 381 g/mol. The number of nitrogens with one attached hydrogen (secondary N) is 2. The van der Waals surface area contributed by atoms with Crippen molar-refractivity contribution in [2.45, 2.75) is 25.6 Å². The molecule has 0 radical (unpaired) electrons. The predicted octanol–water partition coefficient (Wildman–Crippen LogP) is 1.94. The standard InChI is InChI=1S/C16H20FN5O3S/c1-9(2)19-16(23)21-13-5-4-10(6-12(13)17)15-20-11(7-14(18)22-15)8-26(3,24)25/h4-7,9H,8H2,1-3H3,(H2,18,20,22)(H2,19,21,23). The van der Waals surface area contributed by atoms with Crippen molar-refractivity contribution in [3.63, 3.8) is 0 Å². The van der Waals surface area contributed by atoms with Crippen LogP contribution in [0.4, 0.5) is 20.7 Å². The van der Waals surface area contributed by atoms with Crippen LogP contribution < -0.4 is 16.4 Å². The Balaban J connectivity index is 2.30. The molecule has 0 aliphatic heterocycles. The van der Waals surface area contributed by atoms with E-state index in [4.69, 9.17) is 5.73 Å². The second kappa shape index (κ2) is 7.65. The lowest BCUT2D eigenvalue weighted by Crippen LogP contribution is -2.34. The Morgan fingerprint density at radius 3 is 2.54 bits per heavy atom. The molecule has 0 unspecified atom stereocenters. The van der Waals surface area contributed by atoms with Crippen LogP contribution in [0.15, 0.2) is 24.3 Å². The second-order valence-electron chi connectivity index (χ2n) is 6.13. The van der Waals surface area contributed by atoms with Crippen LogP contribution >= 0.6 is 0 Å². The van der Waals surface area contributed by atoms with E-state index < -0.39 is 21.7 Å². The summed E-state index contributed by atoms with van der Waals surface area (Å²) in [6.45, 7) is 3.56. The van der Waals surface area contributed by atoms with Gasteiger partial charge >= 0.3 is 6.03 Å². The van der Waals surface area contributed by atoms with E-state index in [1.807, 2.05) is 0 Å². The van der Waals surface area contributed by atoms with Gasteiger partial charge in [-0.3, -0.25) is 0 Å². The molecule has 0 aliphatic carbocycles. The maximum absolute atomic E-state index is 14.3. The summed E-state index contributed by atoms with van der Waals surface area (Å²) in [5.74, 6) is -0.810. The van der Waals surface area contributed by atoms with Crippen LogP contribution in [-0.4, -0.2) is 36.7 Å². The lowest BCUT2D eigenvalue weighted by atomic mass is 10.1. The first kappa shape index (κ1) is 19.6. The van der Waals surface area contributed by atoms with Crippen molar-refractivity contribution in [3.8, 4) is 11.4 Å². The first-order chi connectivity index (χ1) is 12.0. The van der Waals surface area contributed by atoms with Gasteiger partial charge in [-0.05, 0) is 32.0 Å². The Hall–Kier alpha value is -2.75. The molecule has 0 spiro atoms. The summed E-state index contributed by atoms with van der Waals surface area (Å²) < 4.78 is 37.1. The minimum atomic E-state index is -3.31. The number of carbonyl (C=O) groups is 1. The van der Waals surface area contributed by atoms with Crippen LogP contribution in [0.2, 0.25) is 0 Å². The number of anilines is 2. The molecule has 10 heteroatoms. The molecule has 0 atom stereocenters. The molecule has 2 amide bonds. The molecule has 0 fully saturated rings. The molecule has 0 saturated heterocycles. The molecular formula is C16H20FN5O3S. The van der Waals surface area contributed by atoms with Gasteiger partial charge in [0.15, 0.2) is 15.7 Å². The number of nitrogens with zero attached hydrogens (tertiary/aromatic N) is 2. The van der Waals surface area contributed by atoms with Gasteiger partial charge in [0.05, 0.1) is 17.1 Å². The first-order valence-electron chi connectivity index (χ1n) is 7.72. The third-order valence-corrected chi connectivity index (χ3v) is 3.92. The number of urea groups is 1. The number of benzene rings is 1. The number of nitrogen functional groups attached to an aromatic ring is 1. The van der Waals surface area contributed by atoms with Crippen molar-refractivity contribution in [1.82, 2.24) is 15.3 Å². The Bertz CT molecular complexity index is 931. The summed E-state index contributed by atoms with van der Waals surface area (Å²) in [6, 6.07) is 4.76. The molecule has 2 rings (SSSR count). The third-order valence-electron chi connectivity index (χ3n) is 3.10. The Morgan fingerprint density at radius 2 is 1.96 bits per heavy atom. The van der Waals surface area contributed by atoms with Crippen LogP contribution in [0.3, 0.4) is 0 Å². The van der Waals surface area contributed by atoms with Crippen LogP contribution in [-0.2, 0) is 15.6 Å². The molecule has 1 aromatic carbocycles. The normalized spacial score (nSPS) is 11.4. The molecule has 4 N–H and O–H groups in total. The summed E-state index contributed by atoms with van der Waals surface area (Å²) in [4.78, 5) is 19.8. The van der Waals surface area contributed by atoms with Gasteiger partial charge in [0.2, 0.25) is 0 Å². The molecule has 0 bridgehead atoms. The third kappa shape index (κ3) is 5.66. The second-order valence-corrected chi connectivity index (χ2v) is 8.27. The number of hydrogen-bond acceptors (Lipinski definition) is 6. The highest BCUT2D eigenvalue weighted by Gasteiger charge is 2.13. The molecular weight excluding hydrogens is 361 g/mol. The fourth-order valence-electron chi connectivity index (χ4n) is 2.17. The topological polar surface area (TPSA) is 127 Å². The van der Waals surface area contributed by atoms with Gasteiger partial charge in [-0.25, -0.2) is 27.6 Å². The number of carbonyl (C=O) groups excluding carboxylic acids is 1. The number of rotatable bonds is 5. The van der Waals surface area contributed by atoms with E-state index in [1.165, 1.54) is 18.2 Å². The maximum atomic E-state index is 14.3. The van der Waals surface area contributed by atoms with Crippen LogP contribution in [0.25, 0.3) is 11.4 Å². The van der Waals surface area contributed by atoms with Crippen molar-refractivity contribution in [1.29, 1.82) is 0 Å². The van der Waals surface area contributed by atoms with Crippen molar-refractivity contribution in [2.75, 3.05) is 17.3 Å². The van der Waals surface area contributed by atoms with E-state index in [-0.39, 0.29) is 34.8 Å². The van der Waals surface area contributed by atoms with E-state index in [2.05, 4.69) is 20.6 Å². The van der Waals surface area contributed by atoms with Crippen molar-refractivity contribution in [2.24, 2.45) is 0 Å². The summed E-state index contributed by atoms with van der Waals surface area (Å²) in [5, 5.41) is 4.99. The van der Waals surface area contributed by atoms with Gasteiger partial charge in [-0.1, -0.05) is 0 Å². The van der Waals surface area contributed by atoms with E-state index in [0.29, 0.717) is 5.56 Å². The maximum Gasteiger partial charge on any atom is 0.319 e. The summed E-state index contributed by atoms with van der Waals surface area (Å²) >= 11 is 0. The zero-order valence-corrected chi connectivity index (χ0v) is 15.4. The molecule has 26 heavy (non-hydrogen) atoms. The average Bonchev–Trinajstić information content (AvgIpc) is 2.46. The molecule has 1 heterocycles. The summed E-state index contributed by atoms with van der Waals surface area (Å²) in [6.07, 6.45) is 1.08. The van der Waals surface area contributed by atoms with E-state index >= 15 is 0 Å². The minimum Gasteiger partial charge on any atom is -0.384 e. The quantitative estimate of drug-likeness (QED) is 0.726. The number of amides is 2. The Labute approximate surface area is 151 Å². The SMILES string of the molecule is CC(C)NC(=O)Nc1ccc(-c2nc(N)cc(CS(C)(=O)=O)n2)cc1F. The van der Waals surface area contributed by atoms with Crippen molar-refractivity contribution in [3.05, 3.63) is 35.8 Å². The molecule has 0 aliphatic rings. The van der Waals surface area contributed by atoms with E-state index in [9.17, 15) is 17.6 Å². The van der Waals surface area contributed by atoms with Gasteiger partial charge in [-0.15, -0.1) is 0 Å². The highest BCUT2D eigenvalue weighted by molar-refractivity contribution is 7.89. The van der Waals surface area contributed by atoms with Gasteiger partial charge in [0.25, 0.3) is 0 Å². The van der Waals surface area contributed by atoms with Gasteiger partial charge < -0.3 is 16.4 Å². The van der Waals surface area contributed by atoms with Gasteiger partial charge in [-0.2, -0.15) is 0 Å². The van der Waals surface area contributed by atoms with Gasteiger partial charge in [0, 0.05) is 23.9 Å². The van der Waals surface area contributed by atoms with E-state index in [0.717, 1.165) is 12.3 Å². The highest BCUT2D eigenvalue weighted by atomic mass is 32.2. The molecule has 140 valence electrons. The fourth-order valence-corrected chi connectivity index (χ4v) is 2.85. The Morgan fingerprint density at radius 1 is 1.27 bits per heavy atom. The van der Waals surface area contributed by atoms with Crippen molar-refractivity contribution >= 4 is 27.4 Å². The zero-order chi connectivity index (χ0) is 19.5. The number of aromatic nitrogens is 2. The molecule has 1 aromatic heterocycles. The predicted molar refractivity (Wildman–Crippen MR) is 97.7 cm³/mol. The largest absolute Gasteiger partial charge is 0.384 e. The van der Waals surface area contributed by atoms with Crippen LogP contribution in [0.5, 0.6) is 0 Å². The number of sulfone groups is 1. The fraction of sp³-hybridized carbons (Fsp3) is 0.312. The first-order valence-corrected chi connectivity index (χ1v) is 9.78. The summed E-state index contributed by atoms with van der Waals surface area (Å²) in [7, 11) is -3.31. The smallest absolute Gasteiger partial charge is 0.319 e. The summed E-state index contributed by atoms with van der Waals surface area (Å²) in [5.41, 5.74) is 6.21. The molecule has 2 aromatic rings. The van der Waals surface area contributed by atoms with Gasteiger partial charge in [0.1, 0.15) is 11.6 Å². The molecule has 8 nitrogen and oxygen atoms in total. The lowest BCUT2D eigenvalue weighted by molar-refractivity contribution is 0.250. The minimum absolute atomic E-state index is 0.00726. The average molecular weight is 381 g/mol. The van der Waals surface area contributed by atoms with Crippen LogP contribution in [0, 0.1) is 5.82 Å². The lowest BCUT2D eigenvalue weighted by Gasteiger charge is -2.11. The number of nitrogens with two attached hydrogens (primary N) is 1.